The monoisotopic (exact) mass is 480 g/mol. The summed E-state index contributed by atoms with van der Waals surface area (Å²) in [6.45, 7) is 0.462. The molecule has 0 bridgehead atoms. The number of aromatic amines is 1. The zero-order valence-corrected chi connectivity index (χ0v) is 19.2. The minimum atomic E-state index is -3.29. The number of sulfonamides is 1. The Hall–Kier alpha value is -3.36. The highest BCUT2D eigenvalue weighted by Gasteiger charge is 2.26. The van der Waals surface area contributed by atoms with Gasteiger partial charge in [-0.3, -0.25) is 9.10 Å². The molecule has 9 heteroatoms. The third-order valence-corrected chi connectivity index (χ3v) is 7.87. The highest BCUT2D eigenvalue weighted by Crippen LogP contribution is 2.31. The van der Waals surface area contributed by atoms with Gasteiger partial charge in [-0.15, -0.1) is 0 Å². The minimum Gasteiger partial charge on any atom is -0.360 e. The van der Waals surface area contributed by atoms with E-state index in [1.54, 1.807) is 42.5 Å². The fourth-order valence-corrected chi connectivity index (χ4v) is 5.80. The number of carbonyl (C=O) groups excluding carboxylic acids is 1. The predicted molar refractivity (Wildman–Crippen MR) is 131 cm³/mol. The lowest BCUT2D eigenvalue weighted by molar-refractivity contribution is 0.102. The highest BCUT2D eigenvalue weighted by molar-refractivity contribution is 7.92. The van der Waals surface area contributed by atoms with Crippen LogP contribution in [0.4, 0.5) is 11.4 Å². The lowest BCUT2D eigenvalue weighted by Crippen LogP contribution is -2.37. The summed E-state index contributed by atoms with van der Waals surface area (Å²) in [5, 5.41) is 3.41. The van der Waals surface area contributed by atoms with E-state index in [0.717, 1.165) is 17.5 Å². The van der Waals surface area contributed by atoms with Gasteiger partial charge in [-0.05, 0) is 73.5 Å². The molecule has 0 saturated carbocycles. The van der Waals surface area contributed by atoms with Gasteiger partial charge in [0.15, 0.2) is 0 Å². The topological polar surface area (TPSA) is 95.2 Å². The number of pyridine rings is 1. The zero-order valence-electron chi connectivity index (χ0n) is 17.6. The van der Waals surface area contributed by atoms with Gasteiger partial charge < -0.3 is 10.3 Å². The second-order valence-electron chi connectivity index (χ2n) is 7.90. The Labute approximate surface area is 196 Å². The Bertz CT molecular complexity index is 1450. The van der Waals surface area contributed by atoms with Gasteiger partial charge in [0.1, 0.15) is 0 Å². The van der Waals surface area contributed by atoms with Crippen LogP contribution in [0.15, 0.2) is 66.9 Å². The molecule has 1 amide bonds. The molecule has 2 N–H and O–H groups in total. The molecule has 0 radical (unpaired) electrons. The average molecular weight is 481 g/mol. The van der Waals surface area contributed by atoms with Gasteiger partial charge in [0.25, 0.3) is 5.91 Å². The number of hydrogen-bond donors (Lipinski definition) is 2. The summed E-state index contributed by atoms with van der Waals surface area (Å²) in [5.74, 6) is -0.148. The van der Waals surface area contributed by atoms with Crippen LogP contribution in [-0.2, 0) is 10.0 Å². The van der Waals surface area contributed by atoms with Crippen LogP contribution < -0.4 is 9.62 Å². The molecule has 1 aliphatic heterocycles. The minimum absolute atomic E-state index is 0.153. The third-order valence-electron chi connectivity index (χ3n) is 5.67. The van der Waals surface area contributed by atoms with Crippen molar-refractivity contribution in [3.8, 4) is 11.3 Å². The van der Waals surface area contributed by atoms with E-state index >= 15 is 0 Å². The van der Waals surface area contributed by atoms with Crippen molar-refractivity contribution in [3.05, 3.63) is 77.4 Å². The first-order valence-electron chi connectivity index (χ1n) is 10.6. The number of H-pyrrole nitrogens is 1. The van der Waals surface area contributed by atoms with Crippen molar-refractivity contribution in [1.29, 1.82) is 0 Å². The first kappa shape index (κ1) is 21.5. The van der Waals surface area contributed by atoms with Gasteiger partial charge in [0.05, 0.1) is 33.2 Å². The molecule has 7 nitrogen and oxygen atoms in total. The summed E-state index contributed by atoms with van der Waals surface area (Å²) in [5.41, 5.74) is 4.76. The second kappa shape index (κ2) is 8.53. The number of nitrogens with one attached hydrogen (secondary N) is 2. The summed E-state index contributed by atoms with van der Waals surface area (Å²) in [6.07, 6.45) is 3.33. The molecule has 5 rings (SSSR count). The van der Waals surface area contributed by atoms with E-state index in [1.165, 1.54) is 4.31 Å². The normalized spacial score (nSPS) is 15.5. The van der Waals surface area contributed by atoms with E-state index < -0.39 is 10.0 Å². The van der Waals surface area contributed by atoms with Crippen LogP contribution >= 0.6 is 11.6 Å². The Morgan fingerprint density at radius 2 is 1.85 bits per heavy atom. The number of halogens is 1. The van der Waals surface area contributed by atoms with Crippen LogP contribution in [0.1, 0.15) is 23.2 Å². The molecule has 1 fully saturated rings. The summed E-state index contributed by atoms with van der Waals surface area (Å²) >= 11 is 6.41. The number of benzene rings is 2. The third kappa shape index (κ3) is 4.31. The highest BCUT2D eigenvalue weighted by atomic mass is 35.5. The zero-order chi connectivity index (χ0) is 23.0. The smallest absolute Gasteiger partial charge is 0.255 e. The van der Waals surface area contributed by atoms with E-state index in [2.05, 4.69) is 15.3 Å². The summed E-state index contributed by atoms with van der Waals surface area (Å²) in [4.78, 5) is 20.5. The summed E-state index contributed by atoms with van der Waals surface area (Å²) in [6, 6.07) is 17.5. The molecule has 3 heterocycles. The molecule has 2 aromatic heterocycles. The van der Waals surface area contributed by atoms with E-state index in [4.69, 9.17) is 11.6 Å². The van der Waals surface area contributed by atoms with E-state index in [1.807, 2.05) is 24.4 Å². The van der Waals surface area contributed by atoms with Crippen molar-refractivity contribution in [1.82, 2.24) is 9.97 Å². The number of hydrogen-bond acceptors (Lipinski definition) is 4. The quantitative estimate of drug-likeness (QED) is 0.426. The van der Waals surface area contributed by atoms with Crippen LogP contribution in [0.3, 0.4) is 0 Å². The molecule has 0 unspecified atom stereocenters. The molecule has 4 aromatic rings. The Morgan fingerprint density at radius 3 is 2.64 bits per heavy atom. The fourth-order valence-electron chi connectivity index (χ4n) is 3.94. The Balaban J connectivity index is 1.36. The van der Waals surface area contributed by atoms with Crippen molar-refractivity contribution in [2.45, 2.75) is 12.8 Å². The first-order valence-corrected chi connectivity index (χ1v) is 12.6. The van der Waals surface area contributed by atoms with Crippen molar-refractivity contribution >= 4 is 49.9 Å². The molecule has 33 heavy (non-hydrogen) atoms. The van der Waals surface area contributed by atoms with Crippen LogP contribution in [0.25, 0.3) is 22.3 Å². The number of nitrogens with zero attached hydrogens (tertiary/aromatic N) is 2. The number of carbonyl (C=O) groups is 1. The molecular weight excluding hydrogens is 460 g/mol. The number of fused-ring (bicyclic) bond motifs is 1. The van der Waals surface area contributed by atoms with Crippen molar-refractivity contribution in [3.63, 3.8) is 0 Å². The number of rotatable bonds is 4. The molecule has 1 aliphatic rings. The molecular formula is C24H21ClN4O3S. The van der Waals surface area contributed by atoms with E-state index in [-0.39, 0.29) is 11.7 Å². The standard InChI is InChI=1S/C24H21ClN4O3S/c25-20-8-5-17(15-19(20)21-9-10-22-23(28-21)11-12-26-22)27-24(30)16-3-6-18(7-4-16)29-13-1-2-14-33(29,31)32/h3-12,15,26H,1-2,13-14H2,(H,27,30). The Morgan fingerprint density at radius 1 is 1.03 bits per heavy atom. The molecule has 2 aromatic carbocycles. The largest absolute Gasteiger partial charge is 0.360 e. The fraction of sp³-hybridized carbons (Fsp3) is 0.167. The van der Waals surface area contributed by atoms with Gasteiger partial charge in [-0.25, -0.2) is 13.4 Å². The maximum atomic E-state index is 12.8. The Kier molecular flexibility index (Phi) is 5.55. The van der Waals surface area contributed by atoms with Crippen molar-refractivity contribution in [2.75, 3.05) is 21.9 Å². The van der Waals surface area contributed by atoms with Crippen LogP contribution in [-0.4, -0.2) is 36.6 Å². The van der Waals surface area contributed by atoms with Gasteiger partial charge in [0.2, 0.25) is 10.0 Å². The molecule has 1 saturated heterocycles. The van der Waals surface area contributed by atoms with E-state index in [9.17, 15) is 13.2 Å². The van der Waals surface area contributed by atoms with Gasteiger partial charge >= 0.3 is 0 Å². The number of amides is 1. The SMILES string of the molecule is O=C(Nc1ccc(Cl)c(-c2ccc3[nH]ccc3n2)c1)c1ccc(N2CCCCS2(=O)=O)cc1. The summed E-state index contributed by atoms with van der Waals surface area (Å²) in [7, 11) is -3.29. The molecule has 168 valence electrons. The lowest BCUT2D eigenvalue weighted by atomic mass is 10.1. The van der Waals surface area contributed by atoms with Crippen LogP contribution in [0.2, 0.25) is 5.02 Å². The molecule has 0 spiro atoms. The average Bonchev–Trinajstić information content (AvgIpc) is 3.28. The summed E-state index contributed by atoms with van der Waals surface area (Å²) < 4.78 is 26.0. The first-order chi connectivity index (χ1) is 15.9. The molecule has 0 aliphatic carbocycles. The maximum absolute atomic E-state index is 12.8. The number of anilines is 2. The van der Waals surface area contributed by atoms with E-state index in [0.29, 0.717) is 46.2 Å². The number of aromatic nitrogens is 2. The van der Waals surface area contributed by atoms with Crippen molar-refractivity contribution < 1.29 is 13.2 Å². The van der Waals surface area contributed by atoms with Crippen LogP contribution in [0, 0.1) is 0 Å². The maximum Gasteiger partial charge on any atom is 0.255 e. The second-order valence-corrected chi connectivity index (χ2v) is 10.3. The van der Waals surface area contributed by atoms with Gasteiger partial charge in [0, 0.05) is 29.6 Å². The van der Waals surface area contributed by atoms with Crippen LogP contribution in [0.5, 0.6) is 0 Å². The predicted octanol–water partition coefficient (Wildman–Crippen LogP) is 5.07. The van der Waals surface area contributed by atoms with Gasteiger partial charge in [-0.1, -0.05) is 11.6 Å². The van der Waals surface area contributed by atoms with Crippen molar-refractivity contribution in [2.24, 2.45) is 0 Å². The molecule has 0 atom stereocenters. The lowest BCUT2D eigenvalue weighted by Gasteiger charge is -2.28. The van der Waals surface area contributed by atoms with Gasteiger partial charge in [-0.2, -0.15) is 0 Å².